The van der Waals surface area contributed by atoms with Crippen LogP contribution in [-0.2, 0) is 9.53 Å². The molecule has 0 unspecified atom stereocenters. The van der Waals surface area contributed by atoms with Crippen LogP contribution in [0, 0.1) is 0 Å². The monoisotopic (exact) mass is 546 g/mol. The van der Waals surface area contributed by atoms with Crippen molar-refractivity contribution in [2.24, 2.45) is 0 Å². The molecule has 4 rings (SSSR count). The number of fused-ring (bicyclic) bond motifs is 1. The quantitative estimate of drug-likeness (QED) is 0.149. The van der Waals surface area contributed by atoms with E-state index < -0.39 is 0 Å². The lowest BCUT2D eigenvalue weighted by Gasteiger charge is -2.36. The summed E-state index contributed by atoms with van der Waals surface area (Å²) in [5.74, 6) is 0.0164. The summed E-state index contributed by atoms with van der Waals surface area (Å²) in [6.07, 6.45) is 6.14. The highest BCUT2D eigenvalue weighted by Crippen LogP contribution is 2.28. The number of halogens is 3. The summed E-state index contributed by atoms with van der Waals surface area (Å²) in [7, 11) is 1.49. The Balaban J connectivity index is 1.20. The number of nitrogens with zero attached hydrogens (tertiary/aromatic N) is 2. The van der Waals surface area contributed by atoms with Crippen molar-refractivity contribution < 1.29 is 9.53 Å². The van der Waals surface area contributed by atoms with Gasteiger partial charge in [0.1, 0.15) is 0 Å². The predicted octanol–water partition coefficient (Wildman–Crippen LogP) is 6.00. The van der Waals surface area contributed by atoms with Gasteiger partial charge in [-0.15, -0.1) is 0 Å². The third kappa shape index (κ3) is 6.77. The highest BCUT2D eigenvalue weighted by molar-refractivity contribution is 6.42. The van der Waals surface area contributed by atoms with Crippen LogP contribution in [-0.4, -0.2) is 62.2 Å². The Labute approximate surface area is 226 Å². The summed E-state index contributed by atoms with van der Waals surface area (Å²) in [6, 6.07) is 13.5. The van der Waals surface area contributed by atoms with Gasteiger partial charge in [-0.05, 0) is 55.4 Å². The molecule has 3 aromatic rings. The van der Waals surface area contributed by atoms with Gasteiger partial charge in [-0.1, -0.05) is 53.0 Å². The van der Waals surface area contributed by atoms with Crippen LogP contribution in [0.4, 0.5) is 5.69 Å². The number of hydrogen-bond donors (Lipinski definition) is 2. The number of methoxy groups -OCH3 is 1. The van der Waals surface area contributed by atoms with Crippen molar-refractivity contribution in [1.29, 1.82) is 0 Å². The van der Waals surface area contributed by atoms with Crippen LogP contribution in [0.3, 0.4) is 0 Å². The summed E-state index contributed by atoms with van der Waals surface area (Å²) >= 11 is 18.5. The lowest BCUT2D eigenvalue weighted by molar-refractivity contribution is -0.120. The number of allylic oxidation sites excluding steroid dienone is 2. The maximum Gasteiger partial charge on any atom is 0.286 e. The molecule has 0 spiro atoms. The average molecular weight is 548 g/mol. The first-order valence-corrected chi connectivity index (χ1v) is 13.0. The third-order valence-electron chi connectivity index (χ3n) is 6.15. The van der Waals surface area contributed by atoms with Crippen molar-refractivity contribution in [2.45, 2.75) is 6.42 Å². The molecule has 0 atom stereocenters. The summed E-state index contributed by atoms with van der Waals surface area (Å²) in [6.45, 7) is 5.33. The Kier molecular flexibility index (Phi) is 9.21. The fourth-order valence-electron chi connectivity index (χ4n) is 4.23. The molecule has 2 heterocycles. The van der Waals surface area contributed by atoms with Crippen LogP contribution in [0.25, 0.3) is 17.0 Å². The Bertz CT molecular complexity index is 1220. The molecule has 1 aliphatic heterocycles. The molecular formula is C27H29Cl3N4O2. The second-order valence-corrected chi connectivity index (χ2v) is 9.78. The molecule has 2 aromatic carbocycles. The number of carbonyl (C=O) groups is 1. The van der Waals surface area contributed by atoms with E-state index in [2.05, 4.69) is 26.2 Å². The van der Waals surface area contributed by atoms with E-state index in [0.717, 1.165) is 66.5 Å². The van der Waals surface area contributed by atoms with E-state index >= 15 is 0 Å². The van der Waals surface area contributed by atoms with Crippen LogP contribution in [0.1, 0.15) is 12.1 Å². The van der Waals surface area contributed by atoms with Gasteiger partial charge in [-0.3, -0.25) is 9.69 Å². The minimum Gasteiger partial charge on any atom is -0.491 e. The standard InChI is InChI=1S/C27H29Cl3N4O2/c1-36-26(9-4-6-20-16-19-17-22(29)23(30)18-24(19)32-20)27(35)31-10-5-11-33-12-14-34(15-13-33)25-8-3-2-7-21(25)28/h2-4,6-9,16-18,32H,5,10-15H2,1H3,(H,31,35)/b6-4+,26-9-. The molecule has 0 radical (unpaired) electrons. The molecule has 9 heteroatoms. The molecule has 1 saturated heterocycles. The molecule has 0 bridgehead atoms. The van der Waals surface area contributed by atoms with Crippen molar-refractivity contribution in [3.05, 3.63) is 81.1 Å². The number of aromatic amines is 1. The average Bonchev–Trinajstić information content (AvgIpc) is 3.26. The topological polar surface area (TPSA) is 60.6 Å². The minimum atomic E-state index is -0.235. The first-order chi connectivity index (χ1) is 17.4. The first kappa shape index (κ1) is 26.4. The molecule has 1 aliphatic rings. The Morgan fingerprint density at radius 2 is 1.81 bits per heavy atom. The fraction of sp³-hybridized carbons (Fsp3) is 0.296. The molecule has 2 N–H and O–H groups in total. The van der Waals surface area contributed by atoms with Crippen molar-refractivity contribution >= 4 is 63.4 Å². The second-order valence-electron chi connectivity index (χ2n) is 8.56. The smallest absolute Gasteiger partial charge is 0.286 e. The van der Waals surface area contributed by atoms with Gasteiger partial charge in [0.15, 0.2) is 5.76 Å². The largest absolute Gasteiger partial charge is 0.491 e. The summed E-state index contributed by atoms with van der Waals surface area (Å²) in [5.41, 5.74) is 2.85. The number of nitrogens with one attached hydrogen (secondary N) is 2. The van der Waals surface area contributed by atoms with E-state index in [1.54, 1.807) is 18.2 Å². The van der Waals surface area contributed by atoms with Crippen LogP contribution in [0.5, 0.6) is 0 Å². The maximum absolute atomic E-state index is 12.5. The number of ether oxygens (including phenoxy) is 1. The van der Waals surface area contributed by atoms with E-state index in [0.29, 0.717) is 16.6 Å². The fourth-order valence-corrected chi connectivity index (χ4v) is 4.82. The normalized spacial score (nSPS) is 15.1. The van der Waals surface area contributed by atoms with Gasteiger partial charge in [-0.2, -0.15) is 0 Å². The summed E-state index contributed by atoms with van der Waals surface area (Å²) in [5, 5.41) is 5.70. The molecule has 1 amide bonds. The van der Waals surface area contributed by atoms with E-state index in [9.17, 15) is 4.79 Å². The number of hydrogen-bond acceptors (Lipinski definition) is 4. The number of aromatic nitrogens is 1. The van der Waals surface area contributed by atoms with Gasteiger partial charge >= 0.3 is 0 Å². The molecule has 0 aliphatic carbocycles. The SMILES string of the molecule is CO/C(=C\C=C\c1cc2cc(Cl)c(Cl)cc2[nH]1)C(=O)NCCCN1CCN(c2ccccc2Cl)CC1. The van der Waals surface area contributed by atoms with Crippen LogP contribution >= 0.6 is 34.8 Å². The van der Waals surface area contributed by atoms with E-state index in [1.807, 2.05) is 36.4 Å². The first-order valence-electron chi connectivity index (χ1n) is 11.8. The number of carbonyl (C=O) groups excluding carboxylic acids is 1. The summed E-state index contributed by atoms with van der Waals surface area (Å²) < 4.78 is 5.28. The minimum absolute atomic E-state index is 0.235. The Morgan fingerprint density at radius 1 is 1.06 bits per heavy atom. The van der Waals surface area contributed by atoms with Gasteiger partial charge in [0.2, 0.25) is 0 Å². The predicted molar refractivity (Wildman–Crippen MR) is 150 cm³/mol. The molecule has 1 aromatic heterocycles. The van der Waals surface area contributed by atoms with E-state index in [1.165, 1.54) is 7.11 Å². The van der Waals surface area contributed by atoms with Gasteiger partial charge in [0.05, 0.1) is 27.9 Å². The molecule has 0 saturated carbocycles. The number of H-pyrrole nitrogens is 1. The number of piperazine rings is 1. The van der Waals surface area contributed by atoms with Gasteiger partial charge in [-0.25, -0.2) is 0 Å². The van der Waals surface area contributed by atoms with Crippen LogP contribution < -0.4 is 10.2 Å². The molecule has 190 valence electrons. The second kappa shape index (κ2) is 12.5. The maximum atomic E-state index is 12.5. The molecular weight excluding hydrogens is 519 g/mol. The van der Waals surface area contributed by atoms with Crippen molar-refractivity contribution in [3.8, 4) is 0 Å². The van der Waals surface area contributed by atoms with E-state index in [4.69, 9.17) is 39.5 Å². The summed E-state index contributed by atoms with van der Waals surface area (Å²) in [4.78, 5) is 20.5. The highest BCUT2D eigenvalue weighted by atomic mass is 35.5. The third-order valence-corrected chi connectivity index (χ3v) is 7.19. The van der Waals surface area contributed by atoms with Crippen molar-refractivity contribution in [3.63, 3.8) is 0 Å². The zero-order valence-corrected chi connectivity index (χ0v) is 22.3. The number of para-hydroxylation sites is 1. The highest BCUT2D eigenvalue weighted by Gasteiger charge is 2.18. The van der Waals surface area contributed by atoms with Crippen LogP contribution in [0.2, 0.25) is 15.1 Å². The zero-order chi connectivity index (χ0) is 25.5. The molecule has 36 heavy (non-hydrogen) atoms. The lowest BCUT2D eigenvalue weighted by atomic mass is 10.2. The number of benzene rings is 2. The molecule has 6 nitrogen and oxygen atoms in total. The number of anilines is 1. The van der Waals surface area contributed by atoms with Gasteiger partial charge in [0.25, 0.3) is 5.91 Å². The van der Waals surface area contributed by atoms with Crippen molar-refractivity contribution in [2.75, 3.05) is 51.3 Å². The van der Waals surface area contributed by atoms with E-state index in [-0.39, 0.29) is 11.7 Å². The Morgan fingerprint density at radius 3 is 2.56 bits per heavy atom. The van der Waals surface area contributed by atoms with Gasteiger partial charge in [0, 0.05) is 49.3 Å². The Hall–Kier alpha value is -2.64. The molecule has 1 fully saturated rings. The number of amides is 1. The van der Waals surface area contributed by atoms with Gasteiger partial charge < -0.3 is 19.9 Å². The van der Waals surface area contributed by atoms with Crippen molar-refractivity contribution in [1.82, 2.24) is 15.2 Å². The number of rotatable bonds is 9. The lowest BCUT2D eigenvalue weighted by Crippen LogP contribution is -2.47. The zero-order valence-electron chi connectivity index (χ0n) is 20.1. The van der Waals surface area contributed by atoms with Crippen LogP contribution in [0.15, 0.2) is 60.4 Å².